The third-order valence-electron chi connectivity index (χ3n) is 3.71. The van der Waals surface area contributed by atoms with E-state index < -0.39 is 12.6 Å². The Morgan fingerprint density at radius 1 is 1.27 bits per heavy atom. The van der Waals surface area contributed by atoms with Crippen LogP contribution in [0.1, 0.15) is 39.0 Å². The molecular formula is C16H22ClO4P. The molecular weight excluding hydrogens is 323 g/mol. The Balaban J connectivity index is 1.85. The highest BCUT2D eigenvalue weighted by Crippen LogP contribution is 2.53. The molecule has 122 valence electrons. The number of esters is 1. The van der Waals surface area contributed by atoms with Gasteiger partial charge in [0.2, 0.25) is 0 Å². The van der Waals surface area contributed by atoms with E-state index in [1.165, 1.54) is 6.42 Å². The highest BCUT2D eigenvalue weighted by Gasteiger charge is 2.30. The number of ether oxygens (including phenoxy) is 1. The van der Waals surface area contributed by atoms with Gasteiger partial charge >= 0.3 is 12.7 Å². The van der Waals surface area contributed by atoms with Crippen molar-refractivity contribution in [2.24, 2.45) is 5.92 Å². The quantitative estimate of drug-likeness (QED) is 0.537. The molecule has 0 spiro atoms. The van der Waals surface area contributed by atoms with Crippen molar-refractivity contribution in [3.05, 3.63) is 30.3 Å². The van der Waals surface area contributed by atoms with Crippen LogP contribution in [0.5, 0.6) is 5.75 Å². The number of para-hydroxylation sites is 1. The lowest BCUT2D eigenvalue weighted by molar-refractivity contribution is -0.154. The molecule has 0 saturated heterocycles. The molecule has 1 fully saturated rings. The Kier molecular flexibility index (Phi) is 6.34. The van der Waals surface area contributed by atoms with E-state index in [2.05, 4.69) is 0 Å². The molecule has 1 aromatic carbocycles. The first kappa shape index (κ1) is 17.4. The molecule has 0 heterocycles. The Morgan fingerprint density at radius 3 is 2.55 bits per heavy atom. The van der Waals surface area contributed by atoms with Crippen molar-refractivity contribution in [3.8, 4) is 5.75 Å². The van der Waals surface area contributed by atoms with Gasteiger partial charge in [0.1, 0.15) is 11.9 Å². The molecule has 1 aliphatic rings. The van der Waals surface area contributed by atoms with Gasteiger partial charge in [0.05, 0.1) is 12.1 Å². The lowest BCUT2D eigenvalue weighted by Gasteiger charge is -2.24. The van der Waals surface area contributed by atoms with Crippen molar-refractivity contribution in [3.63, 3.8) is 0 Å². The van der Waals surface area contributed by atoms with E-state index >= 15 is 0 Å². The molecule has 1 aliphatic carbocycles. The van der Waals surface area contributed by atoms with Crippen LogP contribution in [0.2, 0.25) is 0 Å². The van der Waals surface area contributed by atoms with Crippen molar-refractivity contribution in [2.75, 3.05) is 6.16 Å². The van der Waals surface area contributed by atoms with Crippen LogP contribution in [-0.4, -0.2) is 18.2 Å². The lowest BCUT2D eigenvalue weighted by atomic mass is 9.98. The molecule has 1 unspecified atom stereocenters. The van der Waals surface area contributed by atoms with E-state index in [-0.39, 0.29) is 18.2 Å². The van der Waals surface area contributed by atoms with Gasteiger partial charge in [-0.2, -0.15) is 0 Å². The van der Waals surface area contributed by atoms with Crippen LogP contribution >= 0.6 is 18.0 Å². The first-order valence-electron chi connectivity index (χ1n) is 7.70. The molecule has 0 aliphatic heterocycles. The minimum atomic E-state index is -3.41. The van der Waals surface area contributed by atoms with Crippen molar-refractivity contribution < 1.29 is 18.6 Å². The zero-order valence-electron chi connectivity index (χ0n) is 12.7. The number of hydrogen-bond acceptors (Lipinski definition) is 4. The van der Waals surface area contributed by atoms with E-state index in [9.17, 15) is 9.36 Å². The summed E-state index contributed by atoms with van der Waals surface area (Å²) in [6, 6.07) is 8.73. The Morgan fingerprint density at radius 2 is 1.91 bits per heavy atom. The zero-order valence-corrected chi connectivity index (χ0v) is 14.4. The molecule has 1 aromatic rings. The Bertz CT molecular complexity index is 528. The highest BCUT2D eigenvalue weighted by atomic mass is 35.7. The average Bonchev–Trinajstić information content (AvgIpc) is 2.48. The molecule has 0 amide bonds. The molecule has 1 saturated carbocycles. The van der Waals surface area contributed by atoms with E-state index in [0.29, 0.717) is 5.75 Å². The zero-order chi connectivity index (χ0) is 16.0. The number of carbonyl (C=O) groups excluding carboxylic acids is 1. The molecule has 0 N–H and O–H groups in total. The van der Waals surface area contributed by atoms with Gasteiger partial charge < -0.3 is 9.26 Å². The molecule has 22 heavy (non-hydrogen) atoms. The maximum Gasteiger partial charge on any atom is 0.337 e. The predicted molar refractivity (Wildman–Crippen MR) is 87.5 cm³/mol. The van der Waals surface area contributed by atoms with Crippen LogP contribution in [0, 0.1) is 5.92 Å². The SMILES string of the molecule is C[C@H](CP(=O)(Cl)Oc1ccccc1)C(=O)OC1CCCCC1. The normalized spacial score (nSPS) is 19.9. The largest absolute Gasteiger partial charge is 0.462 e. The summed E-state index contributed by atoms with van der Waals surface area (Å²) < 4.78 is 23.1. The monoisotopic (exact) mass is 344 g/mol. The van der Waals surface area contributed by atoms with Gasteiger partial charge in [0, 0.05) is 0 Å². The summed E-state index contributed by atoms with van der Waals surface area (Å²) in [5.74, 6) is -0.452. The van der Waals surface area contributed by atoms with Crippen LogP contribution in [0.4, 0.5) is 0 Å². The standard InChI is InChI=1S/C16H22ClO4P/c1-13(16(18)20-14-8-4-2-5-9-14)12-22(17,19)21-15-10-6-3-7-11-15/h3,6-7,10-11,13-14H,2,4-5,8-9,12H2,1H3/t13-,22?/m1/s1. The fraction of sp³-hybridized carbons (Fsp3) is 0.562. The number of benzene rings is 1. The second-order valence-corrected chi connectivity index (χ2v) is 9.05. The Hall–Kier alpha value is -0.990. The number of carbonyl (C=O) groups is 1. The van der Waals surface area contributed by atoms with Gasteiger partial charge in [-0.05, 0) is 49.1 Å². The third-order valence-corrected chi connectivity index (χ3v) is 5.80. The van der Waals surface area contributed by atoms with Crippen LogP contribution in [0.3, 0.4) is 0 Å². The number of rotatable bonds is 6. The fourth-order valence-electron chi connectivity index (χ4n) is 2.54. The average molecular weight is 345 g/mol. The molecule has 2 rings (SSSR count). The summed E-state index contributed by atoms with van der Waals surface area (Å²) in [5, 5.41) is 0. The van der Waals surface area contributed by atoms with E-state index in [0.717, 1.165) is 25.7 Å². The summed E-state index contributed by atoms with van der Waals surface area (Å²) in [4.78, 5) is 12.1. The van der Waals surface area contributed by atoms with Gasteiger partial charge in [0.15, 0.2) is 0 Å². The predicted octanol–water partition coefficient (Wildman–Crippen LogP) is 5.01. The summed E-state index contributed by atoms with van der Waals surface area (Å²) in [7, 11) is 0. The van der Waals surface area contributed by atoms with E-state index in [4.69, 9.17) is 20.5 Å². The van der Waals surface area contributed by atoms with Crippen LogP contribution in [-0.2, 0) is 14.1 Å². The highest BCUT2D eigenvalue weighted by molar-refractivity contribution is 7.85. The summed E-state index contributed by atoms with van der Waals surface area (Å²) in [6.45, 7) is -1.73. The Labute approximate surface area is 136 Å². The van der Waals surface area contributed by atoms with Crippen molar-refractivity contribution in [2.45, 2.75) is 45.1 Å². The van der Waals surface area contributed by atoms with Crippen LogP contribution in [0.25, 0.3) is 0 Å². The van der Waals surface area contributed by atoms with Gasteiger partial charge in [0.25, 0.3) is 0 Å². The minimum absolute atomic E-state index is 0.00606. The van der Waals surface area contributed by atoms with Gasteiger partial charge in [-0.1, -0.05) is 31.5 Å². The topological polar surface area (TPSA) is 52.6 Å². The van der Waals surface area contributed by atoms with Crippen molar-refractivity contribution >= 4 is 23.9 Å². The summed E-state index contributed by atoms with van der Waals surface area (Å²) >= 11 is 5.98. The third kappa shape index (κ3) is 5.66. The number of halogens is 1. The molecule has 0 radical (unpaired) electrons. The second-order valence-electron chi connectivity index (χ2n) is 5.78. The summed E-state index contributed by atoms with van der Waals surface area (Å²) in [5.41, 5.74) is 0. The van der Waals surface area contributed by atoms with Crippen molar-refractivity contribution in [1.82, 2.24) is 0 Å². The molecule has 2 atom stereocenters. The van der Waals surface area contributed by atoms with Gasteiger partial charge in [-0.15, -0.1) is 0 Å². The van der Waals surface area contributed by atoms with E-state index in [1.54, 1.807) is 31.2 Å². The smallest absolute Gasteiger partial charge is 0.337 e. The first-order chi connectivity index (χ1) is 10.5. The molecule has 0 aromatic heterocycles. The molecule has 0 bridgehead atoms. The maximum absolute atomic E-state index is 12.3. The van der Waals surface area contributed by atoms with Crippen molar-refractivity contribution in [1.29, 1.82) is 0 Å². The number of hydrogen-bond donors (Lipinski definition) is 0. The van der Waals surface area contributed by atoms with Gasteiger partial charge in [-0.25, -0.2) is 0 Å². The van der Waals surface area contributed by atoms with Gasteiger partial charge in [-0.3, -0.25) is 9.36 Å². The molecule has 4 nitrogen and oxygen atoms in total. The van der Waals surface area contributed by atoms with Crippen LogP contribution in [0.15, 0.2) is 30.3 Å². The first-order valence-corrected chi connectivity index (χ1v) is 10.4. The minimum Gasteiger partial charge on any atom is -0.462 e. The van der Waals surface area contributed by atoms with E-state index in [1.807, 2.05) is 6.07 Å². The van der Waals surface area contributed by atoms with Crippen LogP contribution < -0.4 is 4.52 Å². The summed E-state index contributed by atoms with van der Waals surface area (Å²) in [6.07, 6.45) is 5.18. The lowest BCUT2D eigenvalue weighted by Crippen LogP contribution is -2.26. The molecule has 6 heteroatoms. The second kappa shape index (κ2) is 8.03. The fourth-order valence-corrected chi connectivity index (χ4v) is 4.72. The maximum atomic E-state index is 12.3.